The van der Waals surface area contributed by atoms with Crippen LogP contribution in [0.25, 0.3) is 0 Å². The summed E-state index contributed by atoms with van der Waals surface area (Å²) in [5.74, 6) is -7.29. The number of pyridine rings is 2. The lowest BCUT2D eigenvalue weighted by molar-refractivity contribution is -0.0716. The Kier molecular flexibility index (Phi) is 5.91. The Morgan fingerprint density at radius 1 is 0.568 bits per heavy atom. The van der Waals surface area contributed by atoms with Crippen LogP contribution in [0, 0.1) is 70.7 Å². The molecule has 2 aliphatic rings. The molecular formula is C25H10F8N2O2. The van der Waals surface area contributed by atoms with Gasteiger partial charge >= 0.3 is 0 Å². The quantitative estimate of drug-likeness (QED) is 0.225. The number of benzene rings is 1. The van der Waals surface area contributed by atoms with Crippen molar-refractivity contribution in [3.05, 3.63) is 81.4 Å². The molecule has 3 aromatic rings. The molecule has 1 aliphatic heterocycles. The average molecular weight is 522 g/mol. The second-order valence-electron chi connectivity index (χ2n) is 8.06. The summed E-state index contributed by atoms with van der Waals surface area (Å²) in [6.07, 6.45) is 2.70. The van der Waals surface area contributed by atoms with Gasteiger partial charge in [0.05, 0.1) is 0 Å². The summed E-state index contributed by atoms with van der Waals surface area (Å²) in [6.45, 7) is 0. The smallest absolute Gasteiger partial charge is 0.253 e. The average Bonchev–Trinajstić information content (AvgIpc) is 3.46. The minimum atomic E-state index is -1.93. The van der Waals surface area contributed by atoms with Crippen LogP contribution in [0.15, 0.2) is 12.1 Å². The Morgan fingerprint density at radius 2 is 0.919 bits per heavy atom. The lowest BCUT2D eigenvalue weighted by Crippen LogP contribution is -2.34. The zero-order chi connectivity index (χ0) is 26.5. The van der Waals surface area contributed by atoms with Crippen molar-refractivity contribution < 1.29 is 44.6 Å². The summed E-state index contributed by atoms with van der Waals surface area (Å²) < 4.78 is 122. The topological polar surface area (TPSA) is 44.2 Å². The highest BCUT2D eigenvalue weighted by Crippen LogP contribution is 2.47. The first-order valence-electron chi connectivity index (χ1n) is 10.6. The van der Waals surface area contributed by atoms with Crippen molar-refractivity contribution in [2.75, 3.05) is 0 Å². The van der Waals surface area contributed by atoms with E-state index in [1.54, 1.807) is 0 Å². The first-order valence-corrected chi connectivity index (χ1v) is 10.6. The minimum Gasteiger partial charge on any atom is -0.448 e. The molecule has 0 radical (unpaired) electrons. The molecule has 0 unspecified atom stereocenters. The maximum absolute atomic E-state index is 14.0. The highest BCUT2D eigenvalue weighted by Gasteiger charge is 2.44. The van der Waals surface area contributed by atoms with Crippen LogP contribution in [0.1, 0.15) is 47.9 Å². The summed E-state index contributed by atoms with van der Waals surface area (Å²) in [5, 5.41) is 0. The predicted octanol–water partition coefficient (Wildman–Crippen LogP) is 5.43. The molecule has 4 nitrogen and oxygen atoms in total. The van der Waals surface area contributed by atoms with Gasteiger partial charge in [-0.05, 0) is 12.8 Å². The maximum atomic E-state index is 14.0. The summed E-state index contributed by atoms with van der Waals surface area (Å²) >= 11 is 0. The van der Waals surface area contributed by atoms with E-state index in [1.807, 2.05) is 11.8 Å². The van der Waals surface area contributed by atoms with E-state index in [4.69, 9.17) is 9.47 Å². The maximum Gasteiger partial charge on any atom is 0.253 e. The van der Waals surface area contributed by atoms with Gasteiger partial charge in [-0.1, -0.05) is 23.7 Å². The molecular weight excluding hydrogens is 512 g/mol. The van der Waals surface area contributed by atoms with E-state index in [-0.39, 0.29) is 22.6 Å². The van der Waals surface area contributed by atoms with Crippen LogP contribution in [0.3, 0.4) is 0 Å². The van der Waals surface area contributed by atoms with Gasteiger partial charge in [-0.15, -0.1) is 0 Å². The fraction of sp³-hybridized carbons (Fsp3) is 0.200. The summed E-state index contributed by atoms with van der Waals surface area (Å²) in [5.41, 5.74) is -2.89. The van der Waals surface area contributed by atoms with Gasteiger partial charge in [-0.3, -0.25) is 0 Å². The Labute approximate surface area is 203 Å². The van der Waals surface area contributed by atoms with Gasteiger partial charge in [0.25, 0.3) is 29.6 Å². The number of hydrogen-bond acceptors (Lipinski definition) is 4. The summed E-state index contributed by atoms with van der Waals surface area (Å²) in [6, 6.07) is 2.48. The first-order chi connectivity index (χ1) is 17.6. The Balaban J connectivity index is 1.66. The van der Waals surface area contributed by atoms with Crippen molar-refractivity contribution in [1.29, 1.82) is 0 Å². The number of ether oxygens (including phenoxy) is 2. The molecule has 0 saturated heterocycles. The normalized spacial score (nSPS) is 14.8. The molecule has 2 aromatic heterocycles. The van der Waals surface area contributed by atoms with Gasteiger partial charge in [0.15, 0.2) is 34.8 Å². The molecule has 37 heavy (non-hydrogen) atoms. The molecule has 1 spiro atoms. The van der Waals surface area contributed by atoms with Crippen LogP contribution >= 0.6 is 0 Å². The highest BCUT2D eigenvalue weighted by atomic mass is 19.2. The van der Waals surface area contributed by atoms with Gasteiger partial charge in [-0.2, -0.15) is 27.5 Å². The fourth-order valence-electron chi connectivity index (χ4n) is 3.92. The van der Waals surface area contributed by atoms with Gasteiger partial charge in [-0.25, -0.2) is 17.6 Å². The van der Waals surface area contributed by atoms with E-state index in [1.165, 1.54) is 12.1 Å². The molecule has 3 heterocycles. The Morgan fingerprint density at radius 3 is 1.27 bits per heavy atom. The van der Waals surface area contributed by atoms with Crippen LogP contribution in [-0.2, 0) is 0 Å². The number of fused-ring (bicyclic) bond motifs is 1. The monoisotopic (exact) mass is 522 g/mol. The van der Waals surface area contributed by atoms with Gasteiger partial charge in [0.2, 0.25) is 0 Å². The van der Waals surface area contributed by atoms with Crippen molar-refractivity contribution in [3.8, 4) is 35.2 Å². The Hall–Kier alpha value is -4.32. The minimum absolute atomic E-state index is 0.156. The van der Waals surface area contributed by atoms with Crippen molar-refractivity contribution in [3.63, 3.8) is 0 Å². The molecule has 12 heteroatoms. The van der Waals surface area contributed by atoms with E-state index >= 15 is 0 Å². The largest absolute Gasteiger partial charge is 0.448 e. The van der Waals surface area contributed by atoms with E-state index in [9.17, 15) is 35.1 Å². The third kappa shape index (κ3) is 4.29. The molecule has 188 valence electrons. The number of hydrogen-bond donors (Lipinski definition) is 0. The van der Waals surface area contributed by atoms with Crippen LogP contribution in [0.4, 0.5) is 35.1 Å². The van der Waals surface area contributed by atoms with E-state index in [0.29, 0.717) is 12.8 Å². The molecule has 1 aliphatic carbocycles. The molecule has 0 atom stereocenters. The number of nitrogens with zero attached hydrogens (tertiary/aromatic N) is 2. The van der Waals surface area contributed by atoms with Crippen LogP contribution in [-0.4, -0.2) is 15.8 Å². The second-order valence-corrected chi connectivity index (χ2v) is 8.06. The second kappa shape index (κ2) is 8.96. The molecule has 1 fully saturated rings. The van der Waals surface area contributed by atoms with Crippen LogP contribution < -0.4 is 9.47 Å². The molecule has 5 rings (SSSR count). The number of halogens is 8. The fourth-order valence-corrected chi connectivity index (χ4v) is 3.92. The van der Waals surface area contributed by atoms with Gasteiger partial charge in [0, 0.05) is 36.1 Å². The highest BCUT2D eigenvalue weighted by molar-refractivity contribution is 5.62. The Bertz CT molecular complexity index is 1430. The van der Waals surface area contributed by atoms with Crippen molar-refractivity contribution in [1.82, 2.24) is 9.97 Å². The van der Waals surface area contributed by atoms with Crippen LogP contribution in [0.5, 0.6) is 11.5 Å². The lowest BCUT2D eigenvalue weighted by atomic mass is 10.1. The zero-order valence-electron chi connectivity index (χ0n) is 18.2. The summed E-state index contributed by atoms with van der Waals surface area (Å²) in [7, 11) is 0. The molecule has 1 saturated carbocycles. The van der Waals surface area contributed by atoms with Gasteiger partial charge in [0.1, 0.15) is 11.1 Å². The molecule has 0 amide bonds. The van der Waals surface area contributed by atoms with E-state index in [0.717, 1.165) is 12.8 Å². The van der Waals surface area contributed by atoms with Crippen LogP contribution in [0.2, 0.25) is 0 Å². The molecule has 0 N–H and O–H groups in total. The first kappa shape index (κ1) is 24.4. The van der Waals surface area contributed by atoms with Gasteiger partial charge < -0.3 is 9.47 Å². The number of rotatable bonds is 0. The molecule has 1 aromatic carbocycles. The third-order valence-corrected chi connectivity index (χ3v) is 5.68. The van der Waals surface area contributed by atoms with Crippen molar-refractivity contribution in [2.45, 2.75) is 31.5 Å². The SMILES string of the molecule is Fc1nc(F)c(F)c(C#Cc2cc3c(cc2C#Cc2c(F)c(F)nc(F)c2F)OC2(CCCC2)O3)c1F. The van der Waals surface area contributed by atoms with E-state index < -0.39 is 64.0 Å². The third-order valence-electron chi connectivity index (χ3n) is 5.68. The van der Waals surface area contributed by atoms with Crippen molar-refractivity contribution >= 4 is 0 Å². The predicted molar refractivity (Wildman–Crippen MR) is 109 cm³/mol. The van der Waals surface area contributed by atoms with Crippen molar-refractivity contribution in [2.24, 2.45) is 0 Å². The molecule has 0 bridgehead atoms. The van der Waals surface area contributed by atoms with E-state index in [2.05, 4.69) is 21.8 Å². The lowest BCUT2D eigenvalue weighted by Gasteiger charge is -2.21. The number of aromatic nitrogens is 2. The standard InChI is InChI=1S/C25H10F8N2O2/c26-17-13(18(27)22(31)34-21(17)30)5-3-11-9-15-16(37-25(36-15)7-1-2-8-25)10-12(11)4-6-14-19(28)23(32)35-24(33)20(14)29/h9-10H,1-2,7-8H2. The summed E-state index contributed by atoms with van der Waals surface area (Å²) in [4.78, 5) is 4.88. The zero-order valence-corrected chi connectivity index (χ0v) is 18.2.